The minimum Gasteiger partial charge on any atom is -0.326 e. The lowest BCUT2D eigenvalue weighted by molar-refractivity contribution is -0.114. The van der Waals surface area contributed by atoms with Gasteiger partial charge in [-0.3, -0.25) is 4.79 Å². The maximum Gasteiger partial charge on any atom is 0.221 e. The first-order chi connectivity index (χ1) is 7.22. The van der Waals surface area contributed by atoms with Crippen LogP contribution in [0.25, 0.3) is 0 Å². The van der Waals surface area contributed by atoms with Crippen LogP contribution >= 0.6 is 0 Å². The number of hydrogen-bond acceptors (Lipinski definition) is 4. The van der Waals surface area contributed by atoms with Crippen molar-refractivity contribution in [2.75, 3.05) is 5.32 Å². The summed E-state index contributed by atoms with van der Waals surface area (Å²) in [5.74, 6) is -0.129. The van der Waals surface area contributed by atoms with Gasteiger partial charge in [-0.25, -0.2) is 0 Å². The molecule has 0 aromatic heterocycles. The number of nitriles is 1. The monoisotopic (exact) mass is 203 g/mol. The lowest BCUT2D eigenvalue weighted by atomic mass is 10.3. The van der Waals surface area contributed by atoms with E-state index in [1.54, 1.807) is 30.5 Å². The Bertz CT molecular complexity index is 404. The Morgan fingerprint density at radius 1 is 1.40 bits per heavy atom. The molecule has 0 spiro atoms. The maximum absolute atomic E-state index is 10.7. The van der Waals surface area contributed by atoms with Crippen molar-refractivity contribution in [3.63, 3.8) is 0 Å². The number of rotatable bonds is 3. The molecule has 6 nitrogen and oxygen atoms in total. The van der Waals surface area contributed by atoms with Crippen LogP contribution in [0, 0.1) is 11.5 Å². The first-order valence-corrected chi connectivity index (χ1v) is 4.15. The zero-order chi connectivity index (χ0) is 11.1. The van der Waals surface area contributed by atoms with Gasteiger partial charge in [-0.2, -0.15) is 10.7 Å². The van der Waals surface area contributed by atoms with E-state index in [0.717, 1.165) is 0 Å². The molecule has 0 aliphatic heterocycles. The molecule has 0 bridgehead atoms. The minimum absolute atomic E-state index is 0.129. The van der Waals surface area contributed by atoms with Crippen molar-refractivity contribution in [2.45, 2.75) is 6.92 Å². The number of carbonyl (C=O) groups is 1. The summed E-state index contributed by atoms with van der Waals surface area (Å²) >= 11 is 0. The van der Waals surface area contributed by atoms with Crippen molar-refractivity contribution in [1.29, 1.82) is 5.26 Å². The standard InChI is InChI=1S/C9H9N5O/c1-7(15)12-8-2-4-9(5-3-8)13-14-11-6-10/h2-5H,1H3,(H,11,13)(H,12,15). The van der Waals surface area contributed by atoms with Crippen molar-refractivity contribution < 1.29 is 4.79 Å². The average molecular weight is 203 g/mol. The van der Waals surface area contributed by atoms with E-state index in [-0.39, 0.29) is 5.91 Å². The molecule has 76 valence electrons. The van der Waals surface area contributed by atoms with Gasteiger partial charge in [0.2, 0.25) is 5.91 Å². The largest absolute Gasteiger partial charge is 0.326 e. The third kappa shape index (κ3) is 3.87. The third-order valence-corrected chi connectivity index (χ3v) is 1.45. The highest BCUT2D eigenvalue weighted by Crippen LogP contribution is 2.16. The molecule has 1 aromatic carbocycles. The van der Waals surface area contributed by atoms with E-state index in [4.69, 9.17) is 5.26 Å². The van der Waals surface area contributed by atoms with Crippen LogP contribution in [0.1, 0.15) is 6.92 Å². The smallest absolute Gasteiger partial charge is 0.221 e. The number of carbonyl (C=O) groups excluding carboxylic acids is 1. The van der Waals surface area contributed by atoms with Gasteiger partial charge in [-0.15, -0.1) is 5.11 Å². The summed E-state index contributed by atoms with van der Waals surface area (Å²) in [6.45, 7) is 1.43. The number of amides is 1. The first-order valence-electron chi connectivity index (χ1n) is 4.15. The molecule has 0 aliphatic carbocycles. The fraction of sp³-hybridized carbons (Fsp3) is 0.111. The molecule has 0 fully saturated rings. The lowest BCUT2D eigenvalue weighted by Gasteiger charge is -2.00. The van der Waals surface area contributed by atoms with Gasteiger partial charge in [0.05, 0.1) is 5.69 Å². The van der Waals surface area contributed by atoms with Crippen molar-refractivity contribution in [2.24, 2.45) is 10.3 Å². The third-order valence-electron chi connectivity index (χ3n) is 1.45. The molecular weight excluding hydrogens is 194 g/mol. The van der Waals surface area contributed by atoms with E-state index in [0.29, 0.717) is 11.4 Å². The fourth-order valence-corrected chi connectivity index (χ4v) is 0.920. The van der Waals surface area contributed by atoms with E-state index in [1.807, 2.05) is 5.43 Å². The van der Waals surface area contributed by atoms with Crippen LogP contribution in [0.2, 0.25) is 0 Å². The molecule has 0 heterocycles. The topological polar surface area (TPSA) is 89.6 Å². The molecule has 0 aliphatic rings. The molecule has 0 unspecified atom stereocenters. The molecule has 0 atom stereocenters. The van der Waals surface area contributed by atoms with Crippen LogP contribution in [0.15, 0.2) is 34.6 Å². The zero-order valence-electron chi connectivity index (χ0n) is 8.06. The average Bonchev–Trinajstić information content (AvgIpc) is 2.20. The Morgan fingerprint density at radius 2 is 2.07 bits per heavy atom. The Morgan fingerprint density at radius 3 is 2.60 bits per heavy atom. The summed E-state index contributed by atoms with van der Waals surface area (Å²) in [6, 6.07) is 6.74. The summed E-state index contributed by atoms with van der Waals surface area (Å²) in [6.07, 6.45) is 1.61. The summed E-state index contributed by atoms with van der Waals surface area (Å²) in [4.78, 5) is 10.7. The van der Waals surface area contributed by atoms with Gasteiger partial charge in [0, 0.05) is 12.6 Å². The summed E-state index contributed by atoms with van der Waals surface area (Å²) < 4.78 is 0. The van der Waals surface area contributed by atoms with Crippen LogP contribution < -0.4 is 10.7 Å². The van der Waals surface area contributed by atoms with E-state index in [1.165, 1.54) is 6.92 Å². The van der Waals surface area contributed by atoms with Gasteiger partial charge in [0.15, 0.2) is 6.19 Å². The second-order valence-electron chi connectivity index (χ2n) is 2.65. The van der Waals surface area contributed by atoms with Crippen LogP contribution in [0.5, 0.6) is 0 Å². The van der Waals surface area contributed by atoms with E-state index in [2.05, 4.69) is 15.7 Å². The second-order valence-corrected chi connectivity index (χ2v) is 2.65. The highest BCUT2D eigenvalue weighted by molar-refractivity contribution is 5.88. The van der Waals surface area contributed by atoms with E-state index < -0.39 is 0 Å². The van der Waals surface area contributed by atoms with Crippen molar-refractivity contribution >= 4 is 17.3 Å². The Labute approximate surface area is 86.6 Å². The van der Waals surface area contributed by atoms with Gasteiger partial charge in [-0.05, 0) is 24.3 Å². The molecule has 2 N–H and O–H groups in total. The molecule has 1 aromatic rings. The van der Waals surface area contributed by atoms with Crippen molar-refractivity contribution in [1.82, 2.24) is 5.43 Å². The Balaban J connectivity index is 2.64. The molecule has 0 saturated heterocycles. The number of anilines is 1. The molecule has 1 rings (SSSR count). The van der Waals surface area contributed by atoms with Gasteiger partial charge in [0.1, 0.15) is 0 Å². The minimum atomic E-state index is -0.129. The van der Waals surface area contributed by atoms with Crippen LogP contribution in [-0.4, -0.2) is 5.91 Å². The number of benzene rings is 1. The van der Waals surface area contributed by atoms with Crippen LogP contribution in [-0.2, 0) is 4.79 Å². The van der Waals surface area contributed by atoms with Gasteiger partial charge in [0.25, 0.3) is 0 Å². The number of hydrogen-bond donors (Lipinski definition) is 2. The highest BCUT2D eigenvalue weighted by Gasteiger charge is 1.94. The molecular formula is C9H9N5O. The molecule has 0 radical (unpaired) electrons. The predicted molar refractivity (Wildman–Crippen MR) is 54.0 cm³/mol. The van der Waals surface area contributed by atoms with Gasteiger partial charge < -0.3 is 5.32 Å². The highest BCUT2D eigenvalue weighted by atomic mass is 16.1. The Kier molecular flexibility index (Phi) is 3.79. The summed E-state index contributed by atoms with van der Waals surface area (Å²) in [5, 5.41) is 17.8. The normalized spacial score (nSPS) is 9.60. The maximum atomic E-state index is 10.7. The predicted octanol–water partition coefficient (Wildman–Crippen LogP) is 1.71. The zero-order valence-corrected chi connectivity index (χ0v) is 8.06. The van der Waals surface area contributed by atoms with Gasteiger partial charge in [-0.1, -0.05) is 5.22 Å². The van der Waals surface area contributed by atoms with E-state index >= 15 is 0 Å². The van der Waals surface area contributed by atoms with E-state index in [9.17, 15) is 4.79 Å². The van der Waals surface area contributed by atoms with Crippen LogP contribution in [0.4, 0.5) is 11.4 Å². The fourth-order valence-electron chi connectivity index (χ4n) is 0.920. The molecule has 1 amide bonds. The number of nitrogens with zero attached hydrogens (tertiary/aromatic N) is 3. The summed E-state index contributed by atoms with van der Waals surface area (Å²) in [5.41, 5.74) is 3.32. The SMILES string of the molecule is CC(=O)Nc1ccc(N=NNC#N)cc1. The Hall–Kier alpha value is -2.42. The van der Waals surface area contributed by atoms with Crippen LogP contribution in [0.3, 0.4) is 0 Å². The lowest BCUT2D eigenvalue weighted by Crippen LogP contribution is -2.04. The second kappa shape index (κ2) is 5.34. The summed E-state index contributed by atoms with van der Waals surface area (Å²) in [7, 11) is 0. The van der Waals surface area contributed by atoms with Crippen molar-refractivity contribution in [3.05, 3.63) is 24.3 Å². The van der Waals surface area contributed by atoms with Crippen molar-refractivity contribution in [3.8, 4) is 6.19 Å². The number of nitrogens with one attached hydrogen (secondary N) is 2. The first kappa shape index (κ1) is 10.7. The molecule has 6 heteroatoms. The molecule has 0 saturated carbocycles. The molecule has 15 heavy (non-hydrogen) atoms. The van der Waals surface area contributed by atoms with Gasteiger partial charge >= 0.3 is 0 Å². The quantitative estimate of drug-likeness (QED) is 0.339.